The van der Waals surface area contributed by atoms with E-state index in [-0.39, 0.29) is 29.8 Å². The Balaban J connectivity index is 1.45. The van der Waals surface area contributed by atoms with Gasteiger partial charge in [0.1, 0.15) is 17.0 Å². The van der Waals surface area contributed by atoms with Gasteiger partial charge in [-0.1, -0.05) is 32.3 Å². The molecule has 1 saturated carbocycles. The third-order valence-corrected chi connectivity index (χ3v) is 9.49. The number of hydrogen-bond donors (Lipinski definition) is 0. The summed E-state index contributed by atoms with van der Waals surface area (Å²) in [6.07, 6.45) is 6.95. The van der Waals surface area contributed by atoms with Gasteiger partial charge in [-0.3, -0.25) is 14.0 Å². The maximum atomic E-state index is 13.3. The van der Waals surface area contributed by atoms with Crippen LogP contribution in [0.2, 0.25) is 0 Å². The molecule has 9 heteroatoms. The summed E-state index contributed by atoms with van der Waals surface area (Å²) in [4.78, 5) is 32.5. The Morgan fingerprint density at radius 1 is 1.12 bits per heavy atom. The predicted molar refractivity (Wildman–Crippen MR) is 123 cm³/mol. The summed E-state index contributed by atoms with van der Waals surface area (Å²) in [5.41, 5.74) is 1.21. The van der Waals surface area contributed by atoms with Crippen molar-refractivity contribution in [1.29, 1.82) is 0 Å². The number of nitrogens with zero attached hydrogens (tertiary/aromatic N) is 4. The van der Waals surface area contributed by atoms with Gasteiger partial charge in [-0.15, -0.1) is 0 Å². The molecule has 4 heterocycles. The molecule has 3 aromatic heterocycles. The van der Waals surface area contributed by atoms with Gasteiger partial charge in [0.25, 0.3) is 11.5 Å². The first-order valence-corrected chi connectivity index (χ1v) is 13.1. The quantitative estimate of drug-likeness (QED) is 0.588. The second-order valence-corrected chi connectivity index (χ2v) is 11.5. The molecule has 3 aromatic rings. The van der Waals surface area contributed by atoms with Crippen molar-refractivity contribution < 1.29 is 13.2 Å². The Morgan fingerprint density at radius 2 is 1.88 bits per heavy atom. The second-order valence-electron chi connectivity index (χ2n) is 8.95. The highest BCUT2D eigenvalue weighted by molar-refractivity contribution is 7.92. The van der Waals surface area contributed by atoms with Crippen LogP contribution in [0.5, 0.6) is 0 Å². The molecule has 1 saturated heterocycles. The SMILES string of the molecule is CCCn1c(C(=O)N2CC(S(=O)(=O)C3CCCCC3)C2)cc2c(=O)n3ccccc3nc21. The van der Waals surface area contributed by atoms with E-state index < -0.39 is 15.1 Å². The highest BCUT2D eigenvalue weighted by atomic mass is 32.2. The number of fused-ring (bicyclic) bond motifs is 2. The van der Waals surface area contributed by atoms with Crippen molar-refractivity contribution in [3.8, 4) is 0 Å². The lowest BCUT2D eigenvalue weighted by atomic mass is 10.0. The van der Waals surface area contributed by atoms with E-state index >= 15 is 0 Å². The van der Waals surface area contributed by atoms with E-state index in [0.29, 0.717) is 28.9 Å². The molecule has 0 bridgehead atoms. The second kappa shape index (κ2) is 8.03. The van der Waals surface area contributed by atoms with Crippen molar-refractivity contribution in [2.75, 3.05) is 13.1 Å². The standard InChI is InChI=1S/C23H28N4O4S/c1-2-11-26-19(13-18-21(26)24-20-10-6-7-12-27(20)22(18)28)23(29)25-14-17(15-25)32(30,31)16-8-4-3-5-9-16/h6-7,10,12-13,16-17H,2-5,8-9,11,14-15H2,1H3. The van der Waals surface area contributed by atoms with Gasteiger partial charge in [-0.2, -0.15) is 0 Å². The minimum absolute atomic E-state index is 0.212. The van der Waals surface area contributed by atoms with E-state index in [4.69, 9.17) is 0 Å². The van der Waals surface area contributed by atoms with Crippen LogP contribution in [-0.2, 0) is 16.4 Å². The van der Waals surface area contributed by atoms with Gasteiger partial charge < -0.3 is 9.47 Å². The molecule has 2 fully saturated rings. The average Bonchev–Trinajstić information content (AvgIpc) is 3.12. The fourth-order valence-corrected chi connectivity index (χ4v) is 7.33. The van der Waals surface area contributed by atoms with Crippen LogP contribution in [0, 0.1) is 0 Å². The van der Waals surface area contributed by atoms with Crippen molar-refractivity contribution in [2.24, 2.45) is 0 Å². The zero-order valence-electron chi connectivity index (χ0n) is 18.2. The molecule has 0 atom stereocenters. The van der Waals surface area contributed by atoms with Crippen LogP contribution in [0.15, 0.2) is 35.3 Å². The smallest absolute Gasteiger partial charge is 0.270 e. The van der Waals surface area contributed by atoms with Crippen LogP contribution < -0.4 is 5.56 Å². The molecule has 1 aliphatic carbocycles. The fraction of sp³-hybridized carbons (Fsp3) is 0.522. The van der Waals surface area contributed by atoms with Crippen molar-refractivity contribution >= 4 is 32.4 Å². The third-order valence-electron chi connectivity index (χ3n) is 6.86. The number of rotatable bonds is 5. The topological polar surface area (TPSA) is 93.8 Å². The molecule has 1 amide bonds. The molecule has 2 aliphatic rings. The molecule has 170 valence electrons. The van der Waals surface area contributed by atoms with E-state index in [9.17, 15) is 18.0 Å². The van der Waals surface area contributed by atoms with E-state index in [2.05, 4.69) is 4.98 Å². The number of carbonyl (C=O) groups is 1. The van der Waals surface area contributed by atoms with Gasteiger partial charge >= 0.3 is 0 Å². The summed E-state index contributed by atoms with van der Waals surface area (Å²) in [5, 5.41) is -0.344. The molecule has 0 radical (unpaired) electrons. The molecule has 0 spiro atoms. The van der Waals surface area contributed by atoms with Crippen molar-refractivity contribution in [2.45, 2.75) is 62.5 Å². The van der Waals surface area contributed by atoms with E-state index in [1.165, 1.54) is 4.40 Å². The third kappa shape index (κ3) is 3.34. The Kier molecular flexibility index (Phi) is 5.31. The summed E-state index contributed by atoms with van der Waals surface area (Å²) in [6, 6.07) is 6.97. The predicted octanol–water partition coefficient (Wildman–Crippen LogP) is 2.63. The average molecular weight is 457 g/mol. The van der Waals surface area contributed by atoms with Crippen LogP contribution >= 0.6 is 0 Å². The van der Waals surface area contributed by atoms with Gasteiger partial charge in [0.05, 0.1) is 15.9 Å². The van der Waals surface area contributed by atoms with Crippen LogP contribution in [0.3, 0.4) is 0 Å². The van der Waals surface area contributed by atoms with Crippen LogP contribution in [0.1, 0.15) is 55.9 Å². The van der Waals surface area contributed by atoms with Crippen molar-refractivity contribution in [1.82, 2.24) is 18.9 Å². The van der Waals surface area contributed by atoms with Crippen LogP contribution in [0.4, 0.5) is 0 Å². The molecular weight excluding hydrogens is 428 g/mol. The summed E-state index contributed by atoms with van der Waals surface area (Å²) >= 11 is 0. The number of likely N-dealkylation sites (tertiary alicyclic amines) is 1. The maximum Gasteiger partial charge on any atom is 0.270 e. The van der Waals surface area contributed by atoms with Gasteiger partial charge in [0, 0.05) is 25.8 Å². The zero-order valence-corrected chi connectivity index (χ0v) is 19.1. The molecule has 0 unspecified atom stereocenters. The Labute approximate surface area is 186 Å². The lowest BCUT2D eigenvalue weighted by molar-refractivity contribution is 0.0647. The van der Waals surface area contributed by atoms with Crippen molar-refractivity contribution in [3.05, 3.63) is 46.5 Å². The summed E-state index contributed by atoms with van der Waals surface area (Å²) < 4.78 is 29.2. The Morgan fingerprint density at radius 3 is 2.59 bits per heavy atom. The molecule has 0 aromatic carbocycles. The highest BCUT2D eigenvalue weighted by Gasteiger charge is 2.44. The van der Waals surface area contributed by atoms with E-state index in [1.807, 2.05) is 13.0 Å². The van der Waals surface area contributed by atoms with Gasteiger partial charge in [-0.25, -0.2) is 13.4 Å². The number of pyridine rings is 1. The minimum Gasteiger partial charge on any atom is -0.335 e. The molecule has 1 aliphatic heterocycles. The molecule has 8 nitrogen and oxygen atoms in total. The van der Waals surface area contributed by atoms with Gasteiger partial charge in [-0.05, 0) is 37.5 Å². The van der Waals surface area contributed by atoms with Crippen LogP contribution in [-0.4, -0.2) is 56.8 Å². The van der Waals surface area contributed by atoms with E-state index in [0.717, 1.165) is 38.5 Å². The monoisotopic (exact) mass is 456 g/mol. The van der Waals surface area contributed by atoms with Crippen LogP contribution in [0.25, 0.3) is 16.7 Å². The summed E-state index contributed by atoms with van der Waals surface area (Å²) in [6.45, 7) is 3.00. The minimum atomic E-state index is -3.22. The first kappa shape index (κ1) is 21.2. The largest absolute Gasteiger partial charge is 0.335 e. The lowest BCUT2D eigenvalue weighted by Crippen LogP contribution is -2.59. The Bertz CT molecular complexity index is 1350. The summed E-state index contributed by atoms with van der Waals surface area (Å²) in [7, 11) is -3.22. The first-order valence-electron chi connectivity index (χ1n) is 11.4. The van der Waals surface area contributed by atoms with Crippen molar-refractivity contribution in [3.63, 3.8) is 0 Å². The number of sulfone groups is 1. The molecule has 5 rings (SSSR count). The molecular formula is C23H28N4O4S. The normalized spacial score (nSPS) is 18.3. The van der Waals surface area contributed by atoms with Gasteiger partial charge in [0.2, 0.25) is 0 Å². The van der Waals surface area contributed by atoms with E-state index in [1.54, 1.807) is 33.9 Å². The molecule has 0 N–H and O–H groups in total. The van der Waals surface area contributed by atoms with Gasteiger partial charge in [0.15, 0.2) is 9.84 Å². The maximum absolute atomic E-state index is 13.3. The first-order chi connectivity index (χ1) is 15.4. The number of amides is 1. The Hall–Kier alpha value is -2.68. The molecule has 32 heavy (non-hydrogen) atoms. The summed E-state index contributed by atoms with van der Waals surface area (Å²) in [5.74, 6) is -0.236. The number of aromatic nitrogens is 3. The highest BCUT2D eigenvalue weighted by Crippen LogP contribution is 2.31. The number of hydrogen-bond acceptors (Lipinski definition) is 5. The number of carbonyl (C=O) groups excluding carboxylic acids is 1. The lowest BCUT2D eigenvalue weighted by Gasteiger charge is -2.40. The zero-order chi connectivity index (χ0) is 22.5. The fourth-order valence-electron chi connectivity index (χ4n) is 5.02. The number of aryl methyl sites for hydroxylation is 1.